The lowest BCUT2D eigenvalue weighted by Gasteiger charge is -2.34. The molecule has 1 amide bonds. The lowest BCUT2D eigenvalue weighted by Crippen LogP contribution is -2.44. The first kappa shape index (κ1) is 22.3. The normalized spacial score (nSPS) is 20.2. The molecule has 6 heteroatoms. The van der Waals surface area contributed by atoms with Gasteiger partial charge >= 0.3 is 0 Å². The molecule has 4 rings (SSSR count). The molecule has 31 heavy (non-hydrogen) atoms. The summed E-state index contributed by atoms with van der Waals surface area (Å²) in [4.78, 5) is 20.5. The SMILES string of the molecule is CCc1nc([C@@H](C)N(C(=O)[C@H]2CCCCO2)C2CC2)cc2c1c(C)cn2CCCCO. The van der Waals surface area contributed by atoms with Crippen molar-refractivity contribution in [1.29, 1.82) is 0 Å². The van der Waals surface area contributed by atoms with Crippen molar-refractivity contribution in [2.75, 3.05) is 13.2 Å². The molecule has 0 spiro atoms. The predicted octanol–water partition coefficient (Wildman–Crippen LogP) is 4.30. The van der Waals surface area contributed by atoms with Gasteiger partial charge in [-0.2, -0.15) is 0 Å². The van der Waals surface area contributed by atoms with Gasteiger partial charge in [-0.25, -0.2) is 0 Å². The van der Waals surface area contributed by atoms with Gasteiger partial charge in [0, 0.05) is 37.4 Å². The number of nitrogens with zero attached hydrogens (tertiary/aromatic N) is 3. The van der Waals surface area contributed by atoms with Gasteiger partial charge in [-0.3, -0.25) is 9.78 Å². The van der Waals surface area contributed by atoms with E-state index in [-0.39, 0.29) is 24.7 Å². The van der Waals surface area contributed by atoms with Crippen LogP contribution in [0.15, 0.2) is 12.3 Å². The molecule has 0 bridgehead atoms. The molecule has 1 saturated heterocycles. The fourth-order valence-corrected chi connectivity index (χ4v) is 4.96. The van der Waals surface area contributed by atoms with Gasteiger partial charge in [-0.05, 0) is 76.8 Å². The summed E-state index contributed by atoms with van der Waals surface area (Å²) in [6, 6.07) is 2.44. The minimum Gasteiger partial charge on any atom is -0.396 e. The van der Waals surface area contributed by atoms with Crippen molar-refractivity contribution in [2.24, 2.45) is 0 Å². The zero-order chi connectivity index (χ0) is 22.0. The maximum Gasteiger partial charge on any atom is 0.252 e. The lowest BCUT2D eigenvalue weighted by molar-refractivity contribution is -0.149. The number of aliphatic hydroxyl groups is 1. The molecule has 1 aliphatic carbocycles. The number of aliphatic hydroxyl groups excluding tert-OH is 1. The van der Waals surface area contributed by atoms with Gasteiger partial charge < -0.3 is 19.3 Å². The third kappa shape index (κ3) is 4.65. The highest BCUT2D eigenvalue weighted by atomic mass is 16.5. The van der Waals surface area contributed by atoms with E-state index in [0.29, 0.717) is 12.6 Å². The van der Waals surface area contributed by atoms with Crippen molar-refractivity contribution in [2.45, 2.75) is 96.9 Å². The van der Waals surface area contributed by atoms with E-state index in [1.807, 2.05) is 0 Å². The molecule has 1 aliphatic heterocycles. The van der Waals surface area contributed by atoms with Crippen LogP contribution in [0.2, 0.25) is 0 Å². The van der Waals surface area contributed by atoms with Crippen molar-refractivity contribution >= 4 is 16.8 Å². The third-order valence-electron chi connectivity index (χ3n) is 6.78. The number of ether oxygens (including phenoxy) is 1. The van der Waals surface area contributed by atoms with Gasteiger partial charge in [0.05, 0.1) is 22.9 Å². The van der Waals surface area contributed by atoms with Crippen LogP contribution in [0.5, 0.6) is 0 Å². The van der Waals surface area contributed by atoms with E-state index in [9.17, 15) is 9.90 Å². The molecule has 1 saturated carbocycles. The van der Waals surface area contributed by atoms with Crippen LogP contribution in [0.25, 0.3) is 10.9 Å². The van der Waals surface area contributed by atoms with Crippen molar-refractivity contribution in [3.8, 4) is 0 Å². The highest BCUT2D eigenvalue weighted by molar-refractivity contribution is 5.87. The number of amides is 1. The van der Waals surface area contributed by atoms with Crippen LogP contribution in [0, 0.1) is 6.92 Å². The Morgan fingerprint density at radius 2 is 2.13 bits per heavy atom. The van der Waals surface area contributed by atoms with Gasteiger partial charge in [0.25, 0.3) is 5.91 Å². The number of hydrogen-bond acceptors (Lipinski definition) is 4. The van der Waals surface area contributed by atoms with E-state index in [4.69, 9.17) is 9.72 Å². The third-order valence-corrected chi connectivity index (χ3v) is 6.78. The van der Waals surface area contributed by atoms with Gasteiger partial charge in [-0.1, -0.05) is 6.92 Å². The first-order valence-electron chi connectivity index (χ1n) is 12.1. The molecule has 2 aliphatic rings. The summed E-state index contributed by atoms with van der Waals surface area (Å²) in [7, 11) is 0. The highest BCUT2D eigenvalue weighted by Crippen LogP contribution is 2.37. The van der Waals surface area contributed by atoms with Gasteiger partial charge in [0.15, 0.2) is 0 Å². The van der Waals surface area contributed by atoms with Crippen LogP contribution in [0.3, 0.4) is 0 Å². The van der Waals surface area contributed by atoms with E-state index in [1.165, 1.54) is 16.5 Å². The number of fused-ring (bicyclic) bond motifs is 1. The number of hydrogen-bond donors (Lipinski definition) is 1. The fraction of sp³-hybridized carbons (Fsp3) is 0.680. The van der Waals surface area contributed by atoms with E-state index in [1.54, 1.807) is 0 Å². The average molecular weight is 428 g/mol. The van der Waals surface area contributed by atoms with E-state index < -0.39 is 0 Å². The summed E-state index contributed by atoms with van der Waals surface area (Å²) < 4.78 is 8.14. The Balaban J connectivity index is 1.67. The van der Waals surface area contributed by atoms with Crippen molar-refractivity contribution < 1.29 is 14.6 Å². The topological polar surface area (TPSA) is 67.6 Å². The number of carbonyl (C=O) groups excluding carboxylic acids is 1. The maximum atomic E-state index is 13.4. The van der Waals surface area contributed by atoms with Crippen LogP contribution in [0.1, 0.15) is 81.8 Å². The summed E-state index contributed by atoms with van der Waals surface area (Å²) >= 11 is 0. The van der Waals surface area contributed by atoms with E-state index >= 15 is 0 Å². The van der Waals surface area contributed by atoms with Crippen LogP contribution in [-0.2, 0) is 22.5 Å². The van der Waals surface area contributed by atoms with Gasteiger partial charge in [0.1, 0.15) is 6.10 Å². The summed E-state index contributed by atoms with van der Waals surface area (Å²) in [5, 5.41) is 10.4. The quantitative estimate of drug-likeness (QED) is 0.606. The lowest BCUT2D eigenvalue weighted by atomic mass is 10.0. The Morgan fingerprint density at radius 1 is 1.32 bits per heavy atom. The van der Waals surface area contributed by atoms with E-state index in [2.05, 4.69) is 42.5 Å². The molecule has 1 N–H and O–H groups in total. The van der Waals surface area contributed by atoms with Crippen LogP contribution in [-0.4, -0.2) is 50.8 Å². The molecule has 0 aromatic carbocycles. The highest BCUT2D eigenvalue weighted by Gasteiger charge is 2.40. The largest absolute Gasteiger partial charge is 0.396 e. The molecule has 2 aromatic rings. The molecule has 3 heterocycles. The average Bonchev–Trinajstić information content (AvgIpc) is 3.57. The second-order valence-corrected chi connectivity index (χ2v) is 9.19. The Labute approximate surface area is 185 Å². The monoisotopic (exact) mass is 427 g/mol. The number of pyridine rings is 1. The number of aromatic nitrogens is 2. The number of carbonyl (C=O) groups is 1. The molecule has 2 aromatic heterocycles. The Morgan fingerprint density at radius 3 is 2.77 bits per heavy atom. The Bertz CT molecular complexity index is 912. The van der Waals surface area contributed by atoms with E-state index in [0.717, 1.165) is 69.3 Å². The smallest absolute Gasteiger partial charge is 0.252 e. The molecule has 0 radical (unpaired) electrons. The zero-order valence-electron chi connectivity index (χ0n) is 19.3. The molecule has 6 nitrogen and oxygen atoms in total. The Kier molecular flexibility index (Phi) is 6.97. The predicted molar refractivity (Wildman–Crippen MR) is 122 cm³/mol. The van der Waals surface area contributed by atoms with Gasteiger partial charge in [-0.15, -0.1) is 0 Å². The molecule has 2 atom stereocenters. The summed E-state index contributed by atoms with van der Waals surface area (Å²) in [6.45, 7) is 8.22. The minimum absolute atomic E-state index is 0.0682. The van der Waals surface area contributed by atoms with Gasteiger partial charge in [0.2, 0.25) is 0 Å². The standard InChI is InChI=1S/C25H37N3O3/c1-4-20-24-17(2)16-27(12-6-7-13-29)22(24)15-21(26-20)18(3)28(19-10-11-19)25(30)23-9-5-8-14-31-23/h15-16,18-19,23,29H,4-14H2,1-3H3/t18-,23-/m1/s1. The first-order valence-corrected chi connectivity index (χ1v) is 12.1. The second kappa shape index (κ2) is 9.70. The maximum absolute atomic E-state index is 13.4. The zero-order valence-corrected chi connectivity index (χ0v) is 19.3. The Hall–Kier alpha value is -1.92. The van der Waals surface area contributed by atoms with Crippen LogP contribution in [0.4, 0.5) is 0 Å². The summed E-state index contributed by atoms with van der Waals surface area (Å²) in [5.74, 6) is 0.143. The van der Waals surface area contributed by atoms with Crippen molar-refractivity contribution in [3.05, 3.63) is 29.2 Å². The second-order valence-electron chi connectivity index (χ2n) is 9.19. The van der Waals surface area contributed by atoms with Crippen LogP contribution >= 0.6 is 0 Å². The summed E-state index contributed by atoms with van der Waals surface area (Å²) in [5.41, 5.74) is 4.52. The molecule has 2 fully saturated rings. The minimum atomic E-state index is -0.296. The fourth-order valence-electron chi connectivity index (χ4n) is 4.96. The number of aryl methyl sites for hydroxylation is 3. The number of rotatable bonds is 9. The number of unbranched alkanes of at least 4 members (excludes halogenated alkanes) is 1. The van der Waals surface area contributed by atoms with Crippen molar-refractivity contribution in [3.63, 3.8) is 0 Å². The first-order chi connectivity index (χ1) is 15.0. The molecule has 170 valence electrons. The molecule has 0 unspecified atom stereocenters. The molecular weight excluding hydrogens is 390 g/mol. The van der Waals surface area contributed by atoms with Crippen LogP contribution < -0.4 is 0 Å². The molecular formula is C25H37N3O3. The van der Waals surface area contributed by atoms with Crippen molar-refractivity contribution in [1.82, 2.24) is 14.5 Å². The summed E-state index contributed by atoms with van der Waals surface area (Å²) in [6.07, 6.45) is 9.61.